The molecule has 0 aromatic rings. The van der Waals surface area contributed by atoms with Gasteiger partial charge in [0.25, 0.3) is 0 Å². The Morgan fingerprint density at radius 3 is 2.60 bits per heavy atom. The molecule has 2 heteroatoms. The summed E-state index contributed by atoms with van der Waals surface area (Å²) < 4.78 is 5.53. The number of carbonyl (C=O) groups excluding carboxylic acids is 1. The van der Waals surface area contributed by atoms with Gasteiger partial charge in [0.05, 0.1) is 12.2 Å². The molecule has 10 heavy (non-hydrogen) atoms. The molecule has 0 spiro atoms. The second-order valence-corrected chi connectivity index (χ2v) is 3.33. The van der Waals surface area contributed by atoms with Crippen molar-refractivity contribution in [2.45, 2.75) is 38.4 Å². The molecule has 0 aliphatic carbocycles. The lowest BCUT2D eigenvalue weighted by atomic mass is 9.87. The second-order valence-electron chi connectivity index (χ2n) is 3.33. The van der Waals surface area contributed by atoms with Crippen LogP contribution in [0.25, 0.3) is 0 Å². The van der Waals surface area contributed by atoms with Crippen LogP contribution >= 0.6 is 0 Å². The highest BCUT2D eigenvalue weighted by Gasteiger charge is 2.42. The predicted molar refractivity (Wildman–Crippen MR) is 36.7 cm³/mol. The first kappa shape index (κ1) is 6.35. The van der Waals surface area contributed by atoms with Gasteiger partial charge < -0.3 is 4.74 Å². The van der Waals surface area contributed by atoms with Crippen molar-refractivity contribution in [2.24, 2.45) is 5.92 Å². The molecule has 2 rings (SSSR count). The van der Waals surface area contributed by atoms with Crippen LogP contribution in [-0.2, 0) is 9.53 Å². The van der Waals surface area contributed by atoms with Gasteiger partial charge in [-0.2, -0.15) is 0 Å². The molecule has 0 saturated carbocycles. The zero-order valence-electron chi connectivity index (χ0n) is 6.17. The second kappa shape index (κ2) is 2.06. The molecule has 2 bridgehead atoms. The van der Waals surface area contributed by atoms with Crippen LogP contribution < -0.4 is 0 Å². The standard InChI is InChI=1S/C8H12O2/c1-5(9)7-4-6-2-3-8(7)10-6/h6-8H,2-4H2,1H3. The highest BCUT2D eigenvalue weighted by molar-refractivity contribution is 5.79. The van der Waals surface area contributed by atoms with E-state index in [2.05, 4.69) is 0 Å². The largest absolute Gasteiger partial charge is 0.374 e. The van der Waals surface area contributed by atoms with Crippen molar-refractivity contribution in [3.8, 4) is 0 Å². The van der Waals surface area contributed by atoms with Crippen LogP contribution in [0.15, 0.2) is 0 Å². The number of carbonyl (C=O) groups is 1. The topological polar surface area (TPSA) is 26.3 Å². The monoisotopic (exact) mass is 140 g/mol. The van der Waals surface area contributed by atoms with Crippen LogP contribution in [0.4, 0.5) is 0 Å². The number of hydrogen-bond donors (Lipinski definition) is 0. The molecule has 3 atom stereocenters. The minimum Gasteiger partial charge on any atom is -0.374 e. The molecule has 2 aliphatic rings. The Bertz CT molecular complexity index is 165. The van der Waals surface area contributed by atoms with Gasteiger partial charge in [-0.3, -0.25) is 4.79 Å². The quantitative estimate of drug-likeness (QED) is 0.546. The number of fused-ring (bicyclic) bond motifs is 2. The van der Waals surface area contributed by atoms with Gasteiger partial charge in [0.15, 0.2) is 0 Å². The van der Waals surface area contributed by atoms with Gasteiger partial charge in [0, 0.05) is 5.92 Å². The van der Waals surface area contributed by atoms with E-state index in [1.165, 1.54) is 6.42 Å². The minimum atomic E-state index is 0.235. The summed E-state index contributed by atoms with van der Waals surface area (Å²) in [5.74, 6) is 0.547. The SMILES string of the molecule is CC(=O)C1CC2CCC1O2. The summed E-state index contributed by atoms with van der Waals surface area (Å²) in [7, 11) is 0. The predicted octanol–water partition coefficient (Wildman–Crippen LogP) is 1.14. The average Bonchev–Trinajstić information content (AvgIpc) is 2.44. The highest BCUT2D eigenvalue weighted by Crippen LogP contribution is 2.38. The normalized spacial score (nSPS) is 44.3. The van der Waals surface area contributed by atoms with Gasteiger partial charge in [-0.15, -0.1) is 0 Å². The first-order chi connectivity index (χ1) is 4.77. The summed E-state index contributed by atoms with van der Waals surface area (Å²) in [5, 5.41) is 0. The van der Waals surface area contributed by atoms with Gasteiger partial charge in [-0.25, -0.2) is 0 Å². The van der Waals surface area contributed by atoms with Crippen molar-refractivity contribution in [2.75, 3.05) is 0 Å². The molecule has 0 N–H and O–H groups in total. The molecule has 2 fully saturated rings. The first-order valence-corrected chi connectivity index (χ1v) is 3.93. The fourth-order valence-corrected chi connectivity index (χ4v) is 2.07. The third-order valence-corrected chi connectivity index (χ3v) is 2.63. The van der Waals surface area contributed by atoms with Gasteiger partial charge in [0.1, 0.15) is 5.78 Å². The minimum absolute atomic E-state index is 0.235. The maximum absolute atomic E-state index is 11.0. The molecule has 0 amide bonds. The van der Waals surface area contributed by atoms with E-state index in [1.54, 1.807) is 6.92 Å². The molecule has 0 aromatic carbocycles. The van der Waals surface area contributed by atoms with Gasteiger partial charge in [0.2, 0.25) is 0 Å². The van der Waals surface area contributed by atoms with Gasteiger partial charge in [-0.1, -0.05) is 0 Å². The first-order valence-electron chi connectivity index (χ1n) is 3.93. The Morgan fingerprint density at radius 1 is 1.50 bits per heavy atom. The van der Waals surface area contributed by atoms with Gasteiger partial charge >= 0.3 is 0 Å². The molecule has 2 heterocycles. The van der Waals surface area contributed by atoms with E-state index < -0.39 is 0 Å². The molecule has 3 unspecified atom stereocenters. The fourth-order valence-electron chi connectivity index (χ4n) is 2.07. The Kier molecular flexibility index (Phi) is 1.31. The van der Waals surface area contributed by atoms with Crippen LogP contribution in [0.3, 0.4) is 0 Å². The molecule has 2 nitrogen and oxygen atoms in total. The zero-order valence-corrected chi connectivity index (χ0v) is 6.17. The van der Waals surface area contributed by atoms with E-state index in [9.17, 15) is 4.79 Å². The molecule has 56 valence electrons. The maximum atomic E-state index is 11.0. The number of hydrogen-bond acceptors (Lipinski definition) is 2. The summed E-state index contributed by atoms with van der Waals surface area (Å²) in [4.78, 5) is 11.0. The van der Waals surface area contributed by atoms with E-state index >= 15 is 0 Å². The Labute approximate surface area is 60.6 Å². The van der Waals surface area contributed by atoms with Crippen molar-refractivity contribution in [1.29, 1.82) is 0 Å². The summed E-state index contributed by atoms with van der Waals surface area (Å²) >= 11 is 0. The maximum Gasteiger partial charge on any atom is 0.135 e. The molecule has 0 aromatic heterocycles. The van der Waals surface area contributed by atoms with Crippen LogP contribution in [0, 0.1) is 5.92 Å². The summed E-state index contributed by atoms with van der Waals surface area (Å²) in [6, 6.07) is 0. The number of Topliss-reactive ketones (excluding diaryl/α,β-unsaturated/α-hetero) is 1. The lowest BCUT2D eigenvalue weighted by Crippen LogP contribution is -2.22. The highest BCUT2D eigenvalue weighted by atomic mass is 16.5. The van der Waals surface area contributed by atoms with Gasteiger partial charge in [-0.05, 0) is 26.2 Å². The van der Waals surface area contributed by atoms with E-state index in [0.717, 1.165) is 12.8 Å². The van der Waals surface area contributed by atoms with Crippen molar-refractivity contribution >= 4 is 5.78 Å². The Hall–Kier alpha value is -0.370. The number of ketones is 1. The van der Waals surface area contributed by atoms with Crippen molar-refractivity contribution in [3.63, 3.8) is 0 Å². The third-order valence-electron chi connectivity index (χ3n) is 2.63. The van der Waals surface area contributed by atoms with Crippen molar-refractivity contribution < 1.29 is 9.53 Å². The molecular formula is C8H12O2. The summed E-state index contributed by atoms with van der Waals surface area (Å²) in [5.41, 5.74) is 0. The fraction of sp³-hybridized carbons (Fsp3) is 0.875. The Balaban J connectivity index is 2.08. The van der Waals surface area contributed by atoms with E-state index in [4.69, 9.17) is 4.74 Å². The molecular weight excluding hydrogens is 128 g/mol. The summed E-state index contributed by atoms with van der Waals surface area (Å²) in [6.45, 7) is 1.68. The van der Waals surface area contributed by atoms with E-state index in [1.807, 2.05) is 0 Å². The summed E-state index contributed by atoms with van der Waals surface area (Å²) in [6.07, 6.45) is 3.96. The molecule has 0 radical (unpaired) electrons. The van der Waals surface area contributed by atoms with Crippen LogP contribution in [0.5, 0.6) is 0 Å². The molecule has 2 aliphatic heterocycles. The molecule has 2 saturated heterocycles. The lowest BCUT2D eigenvalue weighted by molar-refractivity contribution is -0.122. The zero-order chi connectivity index (χ0) is 7.14. The van der Waals surface area contributed by atoms with E-state index in [-0.39, 0.29) is 12.0 Å². The lowest BCUT2D eigenvalue weighted by Gasteiger charge is -2.14. The van der Waals surface area contributed by atoms with Crippen molar-refractivity contribution in [1.82, 2.24) is 0 Å². The number of ether oxygens (including phenoxy) is 1. The average molecular weight is 140 g/mol. The van der Waals surface area contributed by atoms with Crippen LogP contribution in [0.1, 0.15) is 26.2 Å². The van der Waals surface area contributed by atoms with E-state index in [0.29, 0.717) is 11.9 Å². The third kappa shape index (κ3) is 0.788. The van der Waals surface area contributed by atoms with Crippen LogP contribution in [0.2, 0.25) is 0 Å². The Morgan fingerprint density at radius 2 is 2.30 bits per heavy atom. The smallest absolute Gasteiger partial charge is 0.135 e. The number of rotatable bonds is 1. The van der Waals surface area contributed by atoms with Crippen LogP contribution in [-0.4, -0.2) is 18.0 Å². The van der Waals surface area contributed by atoms with Crippen molar-refractivity contribution in [3.05, 3.63) is 0 Å².